The van der Waals surface area contributed by atoms with Crippen molar-refractivity contribution in [3.8, 4) is 0 Å². The van der Waals surface area contributed by atoms with Crippen molar-refractivity contribution in [1.82, 2.24) is 10.1 Å². The van der Waals surface area contributed by atoms with Gasteiger partial charge in [-0.15, -0.1) is 0 Å². The second-order valence-electron chi connectivity index (χ2n) is 9.08. The molecule has 1 unspecified atom stereocenters. The van der Waals surface area contributed by atoms with Gasteiger partial charge in [0.15, 0.2) is 5.60 Å². The Kier molecular flexibility index (Phi) is 5.96. The van der Waals surface area contributed by atoms with Gasteiger partial charge in [0.2, 0.25) is 5.91 Å². The molecule has 1 aromatic carbocycles. The number of β-amino-alcohol motifs (C(OH)–C–C–N with tert-alkyl or cyclic N) is 1. The number of oxime groups is 1. The van der Waals surface area contributed by atoms with Crippen LogP contribution in [0.2, 0.25) is 0 Å². The van der Waals surface area contributed by atoms with Crippen molar-refractivity contribution in [3.63, 3.8) is 0 Å². The summed E-state index contributed by atoms with van der Waals surface area (Å²) in [5.41, 5.74) is 1.94. The van der Waals surface area contributed by atoms with Gasteiger partial charge in [-0.1, -0.05) is 52.2 Å². The summed E-state index contributed by atoms with van der Waals surface area (Å²) in [6.07, 6.45) is 0.411. The summed E-state index contributed by atoms with van der Waals surface area (Å²) in [6.45, 7) is 8.09. The zero-order chi connectivity index (χ0) is 22.3. The number of carbonyl (C=O) groups excluding carboxylic acids is 1. The number of aromatic nitrogens is 1. The maximum Gasteiger partial charge on any atom is 0.234 e. The number of aliphatic hydroxyl groups excluding tert-OH is 1. The fraction of sp³-hybridized carbons (Fsp3) is 0.522. The normalized spacial score (nSPS) is 26.8. The SMILES string of the molecule is Cc1cc([C@H](C(=O)N2C[C@H](O)C[C@H]2C2=NOC(C)(c3ccc(Br)cc3)C2)C(C)C)on1. The molecule has 0 bridgehead atoms. The zero-order valence-corrected chi connectivity index (χ0v) is 19.8. The maximum absolute atomic E-state index is 13.6. The van der Waals surface area contributed by atoms with Crippen LogP contribution in [0.25, 0.3) is 0 Å². The van der Waals surface area contributed by atoms with Crippen LogP contribution in [0.5, 0.6) is 0 Å². The van der Waals surface area contributed by atoms with E-state index in [1.54, 1.807) is 4.90 Å². The second-order valence-corrected chi connectivity index (χ2v) is 9.99. The molecule has 1 amide bonds. The molecule has 0 radical (unpaired) electrons. The summed E-state index contributed by atoms with van der Waals surface area (Å²) in [5.74, 6) is 0.0393. The largest absolute Gasteiger partial charge is 0.391 e. The van der Waals surface area contributed by atoms with E-state index in [1.807, 2.05) is 58.0 Å². The molecule has 1 aromatic heterocycles. The highest BCUT2D eigenvalue weighted by molar-refractivity contribution is 9.10. The van der Waals surface area contributed by atoms with Crippen molar-refractivity contribution >= 4 is 27.5 Å². The number of amides is 1. The van der Waals surface area contributed by atoms with Crippen LogP contribution in [-0.4, -0.2) is 45.5 Å². The van der Waals surface area contributed by atoms with Crippen LogP contribution in [0.1, 0.15) is 56.5 Å². The summed E-state index contributed by atoms with van der Waals surface area (Å²) in [6, 6.07) is 9.48. The lowest BCUT2D eigenvalue weighted by Gasteiger charge is -2.29. The van der Waals surface area contributed by atoms with Crippen LogP contribution in [0, 0.1) is 12.8 Å². The van der Waals surface area contributed by atoms with E-state index in [2.05, 4.69) is 26.2 Å². The number of aliphatic hydroxyl groups is 1. The molecule has 2 aliphatic heterocycles. The van der Waals surface area contributed by atoms with Crippen LogP contribution in [0.15, 0.2) is 44.5 Å². The second kappa shape index (κ2) is 8.39. The number of rotatable bonds is 5. The van der Waals surface area contributed by atoms with Gasteiger partial charge in [-0.25, -0.2) is 0 Å². The van der Waals surface area contributed by atoms with Crippen LogP contribution in [0.4, 0.5) is 0 Å². The lowest BCUT2D eigenvalue weighted by molar-refractivity contribution is -0.134. The molecule has 0 aliphatic carbocycles. The molecule has 0 saturated carbocycles. The van der Waals surface area contributed by atoms with E-state index in [9.17, 15) is 9.90 Å². The van der Waals surface area contributed by atoms with Gasteiger partial charge >= 0.3 is 0 Å². The summed E-state index contributed by atoms with van der Waals surface area (Å²) in [4.78, 5) is 21.2. The van der Waals surface area contributed by atoms with E-state index in [1.165, 1.54) is 0 Å². The van der Waals surface area contributed by atoms with Crippen LogP contribution < -0.4 is 0 Å². The molecule has 1 N–H and O–H groups in total. The molecule has 1 saturated heterocycles. The molecule has 166 valence electrons. The van der Waals surface area contributed by atoms with Crippen molar-refractivity contribution in [1.29, 1.82) is 0 Å². The van der Waals surface area contributed by atoms with Gasteiger partial charge in [-0.3, -0.25) is 4.79 Å². The maximum atomic E-state index is 13.6. The van der Waals surface area contributed by atoms with Crippen LogP contribution in [-0.2, 0) is 15.2 Å². The Morgan fingerprint density at radius 2 is 2.03 bits per heavy atom. The van der Waals surface area contributed by atoms with Crippen molar-refractivity contribution in [2.45, 2.75) is 64.2 Å². The first-order chi connectivity index (χ1) is 14.7. The summed E-state index contributed by atoms with van der Waals surface area (Å²) >= 11 is 3.46. The number of nitrogens with zero attached hydrogens (tertiary/aromatic N) is 3. The number of hydrogen-bond acceptors (Lipinski definition) is 6. The summed E-state index contributed by atoms with van der Waals surface area (Å²) < 4.78 is 6.44. The summed E-state index contributed by atoms with van der Waals surface area (Å²) in [5, 5.41) is 18.8. The van der Waals surface area contributed by atoms with Gasteiger partial charge in [0, 0.05) is 29.9 Å². The number of carbonyl (C=O) groups is 1. The molecule has 8 heteroatoms. The highest BCUT2D eigenvalue weighted by atomic mass is 79.9. The van der Waals surface area contributed by atoms with E-state index < -0.39 is 17.6 Å². The molecule has 4 atom stereocenters. The Bertz CT molecular complexity index is 987. The van der Waals surface area contributed by atoms with Crippen LogP contribution in [0.3, 0.4) is 0 Å². The standard InChI is InChI=1S/C23H28BrN3O4/c1-13(2)21(20-9-14(3)25-30-20)22(29)27-12-17(28)10-19(27)18-11-23(4,31-26-18)15-5-7-16(24)8-6-15/h5-9,13,17,19,21,28H,10-12H2,1-4H3/t17-,19+,21-,23?/m1/s1. The fourth-order valence-corrected chi connectivity index (χ4v) is 4.79. The molecule has 2 aromatic rings. The van der Waals surface area contributed by atoms with Gasteiger partial charge in [0.1, 0.15) is 11.7 Å². The quantitative estimate of drug-likeness (QED) is 0.681. The van der Waals surface area contributed by atoms with Crippen molar-refractivity contribution in [2.24, 2.45) is 11.1 Å². The Morgan fingerprint density at radius 3 is 2.65 bits per heavy atom. The molecule has 2 aliphatic rings. The lowest BCUT2D eigenvalue weighted by atomic mass is 9.87. The first-order valence-electron chi connectivity index (χ1n) is 10.6. The van der Waals surface area contributed by atoms with Crippen molar-refractivity contribution in [3.05, 3.63) is 51.8 Å². The minimum Gasteiger partial charge on any atom is -0.391 e. The van der Waals surface area contributed by atoms with Gasteiger partial charge in [-0.2, -0.15) is 0 Å². The number of likely N-dealkylation sites (tertiary alicyclic amines) is 1. The average Bonchev–Trinajstić information content (AvgIpc) is 3.41. The molecular weight excluding hydrogens is 462 g/mol. The minimum absolute atomic E-state index is 0.0213. The Morgan fingerprint density at radius 1 is 1.32 bits per heavy atom. The van der Waals surface area contributed by atoms with Gasteiger partial charge in [0.05, 0.1) is 23.6 Å². The van der Waals surface area contributed by atoms with E-state index >= 15 is 0 Å². The van der Waals surface area contributed by atoms with E-state index in [0.717, 1.165) is 21.4 Å². The Balaban J connectivity index is 1.57. The van der Waals surface area contributed by atoms with E-state index in [-0.39, 0.29) is 24.4 Å². The first kappa shape index (κ1) is 22.0. The van der Waals surface area contributed by atoms with Gasteiger partial charge in [0.25, 0.3) is 0 Å². The van der Waals surface area contributed by atoms with Gasteiger partial charge < -0.3 is 19.4 Å². The lowest BCUT2D eigenvalue weighted by Crippen LogP contribution is -2.44. The third-order valence-electron chi connectivity index (χ3n) is 6.17. The topological polar surface area (TPSA) is 88.2 Å². The number of halogens is 1. The predicted molar refractivity (Wildman–Crippen MR) is 120 cm³/mol. The zero-order valence-electron chi connectivity index (χ0n) is 18.2. The number of aryl methyl sites for hydroxylation is 1. The van der Waals surface area contributed by atoms with Crippen LogP contribution >= 0.6 is 15.9 Å². The molecule has 31 heavy (non-hydrogen) atoms. The average molecular weight is 490 g/mol. The van der Waals surface area contributed by atoms with E-state index in [0.29, 0.717) is 18.6 Å². The molecular formula is C23H28BrN3O4. The fourth-order valence-electron chi connectivity index (χ4n) is 4.52. The first-order valence-corrected chi connectivity index (χ1v) is 11.4. The highest BCUT2D eigenvalue weighted by Gasteiger charge is 2.46. The third-order valence-corrected chi connectivity index (χ3v) is 6.70. The Hall–Kier alpha value is -2.19. The molecule has 3 heterocycles. The van der Waals surface area contributed by atoms with E-state index in [4.69, 9.17) is 9.36 Å². The Labute approximate surface area is 190 Å². The molecule has 7 nitrogen and oxygen atoms in total. The number of hydrogen-bond donors (Lipinski definition) is 1. The highest BCUT2D eigenvalue weighted by Crippen LogP contribution is 2.39. The third kappa shape index (κ3) is 4.28. The molecule has 4 rings (SSSR count). The van der Waals surface area contributed by atoms with Crippen molar-refractivity contribution < 1.29 is 19.3 Å². The minimum atomic E-state index is -0.599. The predicted octanol–water partition coefficient (Wildman–Crippen LogP) is 4.14. The molecule has 1 fully saturated rings. The summed E-state index contributed by atoms with van der Waals surface area (Å²) in [7, 11) is 0. The van der Waals surface area contributed by atoms with Gasteiger partial charge in [-0.05, 0) is 37.5 Å². The van der Waals surface area contributed by atoms with Crippen molar-refractivity contribution in [2.75, 3.05) is 6.54 Å². The smallest absolute Gasteiger partial charge is 0.234 e. The number of benzene rings is 1. The monoisotopic (exact) mass is 489 g/mol. The molecule has 0 spiro atoms.